The minimum absolute atomic E-state index is 0.0778. The molecule has 1 aliphatic heterocycles. The predicted octanol–water partition coefficient (Wildman–Crippen LogP) is 1.20. The zero-order valence-corrected chi connectivity index (χ0v) is 22.1. The minimum Gasteiger partial charge on any atom is -0.379 e. The summed E-state index contributed by atoms with van der Waals surface area (Å²) >= 11 is 1.66. The number of amides is 3. The van der Waals surface area contributed by atoms with E-state index in [1.54, 1.807) is 33.0 Å². The average molecular weight is 489 g/mol. The van der Waals surface area contributed by atoms with Crippen molar-refractivity contribution in [1.29, 1.82) is 0 Å². The maximum atomic E-state index is 13.5. The van der Waals surface area contributed by atoms with Gasteiger partial charge in [0.05, 0.1) is 18.8 Å². The Morgan fingerprint density at radius 2 is 1.79 bits per heavy atom. The minimum atomic E-state index is -0.823. The van der Waals surface area contributed by atoms with Crippen LogP contribution in [0.15, 0.2) is 0 Å². The van der Waals surface area contributed by atoms with Gasteiger partial charge < -0.3 is 25.0 Å². The Bertz CT molecular complexity index is 628. The maximum Gasteiger partial charge on any atom is 0.246 e. The Morgan fingerprint density at radius 1 is 1.15 bits per heavy atom. The molecule has 192 valence electrons. The van der Waals surface area contributed by atoms with Crippen molar-refractivity contribution in [2.45, 2.75) is 64.1 Å². The molecule has 0 aromatic carbocycles. The van der Waals surface area contributed by atoms with Gasteiger partial charge in [0.25, 0.3) is 0 Å². The van der Waals surface area contributed by atoms with Gasteiger partial charge in [0, 0.05) is 52.9 Å². The van der Waals surface area contributed by atoms with Crippen LogP contribution < -0.4 is 5.73 Å². The first-order valence-electron chi connectivity index (χ1n) is 11.8. The molecule has 0 radical (unpaired) electrons. The van der Waals surface area contributed by atoms with Gasteiger partial charge in [-0.05, 0) is 39.0 Å². The van der Waals surface area contributed by atoms with Gasteiger partial charge in [-0.25, -0.2) is 0 Å². The van der Waals surface area contributed by atoms with Gasteiger partial charge in [-0.2, -0.15) is 11.8 Å². The Hall–Kier alpha value is -1.36. The highest BCUT2D eigenvalue weighted by molar-refractivity contribution is 7.99. The molecule has 33 heavy (non-hydrogen) atoms. The number of methoxy groups -OCH3 is 1. The van der Waals surface area contributed by atoms with Gasteiger partial charge in [0.1, 0.15) is 12.1 Å². The molecule has 1 fully saturated rings. The van der Waals surface area contributed by atoms with Crippen molar-refractivity contribution in [1.82, 2.24) is 14.7 Å². The third-order valence-electron chi connectivity index (χ3n) is 6.13. The fourth-order valence-electron chi connectivity index (χ4n) is 3.69. The number of primary amides is 1. The van der Waals surface area contributed by atoms with Crippen molar-refractivity contribution in [2.24, 2.45) is 5.73 Å². The zero-order chi connectivity index (χ0) is 25.0. The van der Waals surface area contributed by atoms with Crippen LogP contribution in [0.3, 0.4) is 0 Å². The lowest BCUT2D eigenvalue weighted by Crippen LogP contribution is -2.56. The molecule has 0 bridgehead atoms. The van der Waals surface area contributed by atoms with Gasteiger partial charge in [-0.1, -0.05) is 6.92 Å². The molecule has 1 aliphatic rings. The van der Waals surface area contributed by atoms with Crippen molar-refractivity contribution in [3.05, 3.63) is 0 Å². The Morgan fingerprint density at radius 3 is 2.33 bits per heavy atom. The highest BCUT2D eigenvalue weighted by Crippen LogP contribution is 2.21. The molecule has 2 N–H and O–H groups in total. The molecule has 0 aliphatic carbocycles. The molecule has 0 aromatic rings. The van der Waals surface area contributed by atoms with E-state index in [2.05, 4.69) is 4.90 Å². The number of morpholine rings is 1. The highest BCUT2D eigenvalue weighted by atomic mass is 32.2. The van der Waals surface area contributed by atoms with Gasteiger partial charge in [-0.15, -0.1) is 0 Å². The monoisotopic (exact) mass is 488 g/mol. The Labute approximate surface area is 203 Å². The van der Waals surface area contributed by atoms with Crippen molar-refractivity contribution in [3.63, 3.8) is 0 Å². The van der Waals surface area contributed by atoms with E-state index < -0.39 is 23.6 Å². The van der Waals surface area contributed by atoms with Crippen LogP contribution in [0.1, 0.15) is 46.5 Å². The zero-order valence-electron chi connectivity index (χ0n) is 21.3. The molecule has 9 nitrogen and oxygen atoms in total. The molecule has 0 unspecified atom stereocenters. The third-order valence-corrected chi connectivity index (χ3v) is 7.26. The lowest BCUT2D eigenvalue weighted by Gasteiger charge is -2.36. The summed E-state index contributed by atoms with van der Waals surface area (Å²) in [5.74, 6) is 0.411. The van der Waals surface area contributed by atoms with Gasteiger partial charge in [-0.3, -0.25) is 19.3 Å². The summed E-state index contributed by atoms with van der Waals surface area (Å²) in [4.78, 5) is 43.6. The lowest BCUT2D eigenvalue weighted by atomic mass is 9.97. The Balaban J connectivity index is 2.82. The van der Waals surface area contributed by atoms with E-state index in [4.69, 9.17) is 15.2 Å². The summed E-state index contributed by atoms with van der Waals surface area (Å²) in [5, 5.41) is 0. The molecule has 0 spiro atoms. The molecule has 2 atom stereocenters. The van der Waals surface area contributed by atoms with Crippen LogP contribution in [0.4, 0.5) is 0 Å². The van der Waals surface area contributed by atoms with Crippen LogP contribution in [0.2, 0.25) is 0 Å². The fourth-order valence-corrected chi connectivity index (χ4v) is 4.78. The van der Waals surface area contributed by atoms with Crippen molar-refractivity contribution in [2.75, 3.05) is 65.6 Å². The van der Waals surface area contributed by atoms with Gasteiger partial charge in [0.2, 0.25) is 17.7 Å². The van der Waals surface area contributed by atoms with Crippen LogP contribution >= 0.6 is 11.8 Å². The number of ether oxygens (including phenoxy) is 2. The largest absolute Gasteiger partial charge is 0.379 e. The molecule has 10 heteroatoms. The summed E-state index contributed by atoms with van der Waals surface area (Å²) in [6.45, 7) is 10.1. The molecule has 1 rings (SSSR count). The van der Waals surface area contributed by atoms with E-state index >= 15 is 0 Å². The van der Waals surface area contributed by atoms with E-state index in [-0.39, 0.29) is 18.2 Å². The third kappa shape index (κ3) is 10.2. The second kappa shape index (κ2) is 14.8. The van der Waals surface area contributed by atoms with E-state index in [0.29, 0.717) is 18.6 Å². The van der Waals surface area contributed by atoms with E-state index in [0.717, 1.165) is 45.0 Å². The maximum absolute atomic E-state index is 13.5. The van der Waals surface area contributed by atoms with Crippen molar-refractivity contribution < 1.29 is 23.9 Å². The number of nitrogens with two attached hydrogens (primary N) is 1. The molecule has 1 heterocycles. The summed E-state index contributed by atoms with van der Waals surface area (Å²) in [6.07, 6.45) is 2.35. The first-order valence-corrected chi connectivity index (χ1v) is 12.9. The number of carbonyl (C=O) groups is 3. The number of carbonyl (C=O) groups excluding carboxylic acids is 3. The van der Waals surface area contributed by atoms with Crippen LogP contribution in [-0.4, -0.2) is 116 Å². The topological polar surface area (TPSA) is 105 Å². The molecular formula is C23H44N4O5S. The predicted molar refractivity (Wildman–Crippen MR) is 132 cm³/mol. The molecule has 0 aromatic heterocycles. The summed E-state index contributed by atoms with van der Waals surface area (Å²) in [5.41, 5.74) is 5.02. The number of likely N-dealkylation sites (N-methyl/N-ethyl adjacent to an activating group) is 2. The van der Waals surface area contributed by atoms with Crippen LogP contribution in [0.25, 0.3) is 0 Å². The normalized spacial score (nSPS) is 16.8. The summed E-state index contributed by atoms with van der Waals surface area (Å²) in [7, 11) is 4.81. The smallest absolute Gasteiger partial charge is 0.246 e. The van der Waals surface area contributed by atoms with Crippen LogP contribution in [0, 0.1) is 0 Å². The second-order valence-corrected chi connectivity index (χ2v) is 10.3. The molecule has 3 amide bonds. The number of rotatable bonds is 15. The molecule has 1 saturated heterocycles. The first-order chi connectivity index (χ1) is 15.5. The Kier molecular flexibility index (Phi) is 13.3. The highest BCUT2D eigenvalue weighted by Gasteiger charge is 2.36. The SMILES string of the molecule is CCCC(=O)N(C)[C@H](CSCCCN1CCOCC1)C(=O)N(C)[C@@H](CC(C)(C)OC)C(N)=O. The van der Waals surface area contributed by atoms with E-state index in [9.17, 15) is 14.4 Å². The lowest BCUT2D eigenvalue weighted by molar-refractivity contribution is -0.147. The number of thioether (sulfide) groups is 1. The molecule has 0 saturated carbocycles. The first kappa shape index (κ1) is 29.7. The summed E-state index contributed by atoms with van der Waals surface area (Å²) in [6, 6.07) is -1.48. The number of hydrogen-bond acceptors (Lipinski definition) is 7. The van der Waals surface area contributed by atoms with Crippen molar-refractivity contribution in [3.8, 4) is 0 Å². The van der Waals surface area contributed by atoms with Crippen molar-refractivity contribution >= 4 is 29.5 Å². The summed E-state index contributed by atoms with van der Waals surface area (Å²) < 4.78 is 10.8. The van der Waals surface area contributed by atoms with E-state index in [1.165, 1.54) is 9.80 Å². The van der Waals surface area contributed by atoms with Crippen LogP contribution in [-0.2, 0) is 23.9 Å². The fraction of sp³-hybridized carbons (Fsp3) is 0.870. The molecular weight excluding hydrogens is 444 g/mol. The second-order valence-electron chi connectivity index (χ2n) is 9.19. The van der Waals surface area contributed by atoms with Gasteiger partial charge >= 0.3 is 0 Å². The quantitative estimate of drug-likeness (QED) is 0.345. The standard InChI is InChI=1S/C23H44N4O5S/c1-7-9-20(28)25(4)19(17-33-15-8-10-27-11-13-32-14-12-27)22(30)26(5)18(21(24)29)16-23(2,3)31-6/h18-19H,7-17H2,1-6H3,(H2,24,29)/t18-,19+/m0/s1. The number of nitrogens with zero attached hydrogens (tertiary/aromatic N) is 3. The average Bonchev–Trinajstić information content (AvgIpc) is 2.79. The van der Waals surface area contributed by atoms with E-state index in [1.807, 2.05) is 20.8 Å². The number of hydrogen-bond donors (Lipinski definition) is 1. The van der Waals surface area contributed by atoms with Gasteiger partial charge in [0.15, 0.2) is 0 Å². The van der Waals surface area contributed by atoms with Crippen LogP contribution in [0.5, 0.6) is 0 Å².